The molecule has 1 aromatic heterocycles. The number of carboxylic acids is 1. The second-order valence-electron chi connectivity index (χ2n) is 7.02. The number of carboxylic acid groups (broad SMARTS) is 1. The van der Waals surface area contributed by atoms with Crippen LogP contribution in [0, 0.1) is 0 Å². The molecule has 1 aromatic carbocycles. The van der Waals surface area contributed by atoms with Crippen LogP contribution in [0.3, 0.4) is 0 Å². The topological polar surface area (TPSA) is 66.3 Å². The van der Waals surface area contributed by atoms with Gasteiger partial charge in [-0.1, -0.05) is 30.3 Å². The number of hydrogen-bond donors (Lipinski definition) is 1. The molecule has 1 aliphatic carbocycles. The van der Waals surface area contributed by atoms with Crippen LogP contribution in [-0.2, 0) is 24.2 Å². The quantitative estimate of drug-likeness (QED) is 0.863. The Balaban J connectivity index is 0.000000279. The normalized spacial score (nSPS) is 17.1. The van der Waals surface area contributed by atoms with Crippen molar-refractivity contribution in [1.82, 2.24) is 14.9 Å². The van der Waals surface area contributed by atoms with Gasteiger partial charge in [-0.25, -0.2) is 14.8 Å². The van der Waals surface area contributed by atoms with Crippen molar-refractivity contribution >= 4 is 5.97 Å². The van der Waals surface area contributed by atoms with E-state index in [0.29, 0.717) is 0 Å². The molecule has 0 amide bonds. The Labute approximate surface area is 161 Å². The summed E-state index contributed by atoms with van der Waals surface area (Å²) >= 11 is 0. The van der Waals surface area contributed by atoms with Gasteiger partial charge in [-0.15, -0.1) is 0 Å². The van der Waals surface area contributed by atoms with Crippen molar-refractivity contribution < 1.29 is 23.1 Å². The van der Waals surface area contributed by atoms with E-state index in [0.717, 1.165) is 38.4 Å². The van der Waals surface area contributed by atoms with E-state index in [1.54, 1.807) is 6.33 Å². The number of alkyl halides is 3. The van der Waals surface area contributed by atoms with Gasteiger partial charge in [0, 0.05) is 37.7 Å². The lowest BCUT2D eigenvalue weighted by Crippen LogP contribution is -2.25. The lowest BCUT2D eigenvalue weighted by molar-refractivity contribution is -0.192. The zero-order valence-corrected chi connectivity index (χ0v) is 15.3. The standard InChI is InChI=1S/C18H21N3.C2HF3O2/c1-2-4-14(5-3-1)12-21-10-8-16-17(9-11-21)19-13-20-18(16)15-6-7-15;3-2(4,5)1(6)7/h1-5,13,15H,6-12H2;(H,6,7). The molecule has 5 nitrogen and oxygen atoms in total. The molecule has 1 fully saturated rings. The Morgan fingerprint density at radius 3 is 2.36 bits per heavy atom. The second-order valence-corrected chi connectivity index (χ2v) is 7.02. The fourth-order valence-corrected chi connectivity index (χ4v) is 3.31. The third kappa shape index (κ3) is 5.51. The highest BCUT2D eigenvalue weighted by molar-refractivity contribution is 5.73. The number of benzene rings is 1. The average molecular weight is 393 g/mol. The van der Waals surface area contributed by atoms with Crippen LogP contribution < -0.4 is 0 Å². The molecule has 150 valence electrons. The van der Waals surface area contributed by atoms with E-state index in [1.165, 1.54) is 35.4 Å². The first-order valence-corrected chi connectivity index (χ1v) is 9.23. The Morgan fingerprint density at radius 1 is 1.11 bits per heavy atom. The summed E-state index contributed by atoms with van der Waals surface area (Å²) in [6.07, 6.45) is 1.49. The summed E-state index contributed by atoms with van der Waals surface area (Å²) in [5.41, 5.74) is 5.50. The molecular formula is C20H22F3N3O2. The Hall–Kier alpha value is -2.48. The van der Waals surface area contributed by atoms with E-state index in [4.69, 9.17) is 9.90 Å². The SMILES string of the molecule is O=C(O)C(F)(F)F.c1ccc(CN2CCc3ncnc(C4CC4)c3CC2)cc1. The fraction of sp³-hybridized carbons (Fsp3) is 0.450. The summed E-state index contributed by atoms with van der Waals surface area (Å²) in [7, 11) is 0. The van der Waals surface area contributed by atoms with Crippen LogP contribution in [0.5, 0.6) is 0 Å². The molecule has 2 aliphatic rings. The van der Waals surface area contributed by atoms with Gasteiger partial charge in [-0.3, -0.25) is 4.90 Å². The first-order valence-electron chi connectivity index (χ1n) is 9.23. The van der Waals surface area contributed by atoms with Gasteiger partial charge in [-0.05, 0) is 30.4 Å². The summed E-state index contributed by atoms with van der Waals surface area (Å²) in [5, 5.41) is 7.12. The van der Waals surface area contributed by atoms with Gasteiger partial charge in [0.25, 0.3) is 0 Å². The highest BCUT2D eigenvalue weighted by Gasteiger charge is 2.38. The molecule has 2 aromatic rings. The van der Waals surface area contributed by atoms with E-state index < -0.39 is 12.1 Å². The minimum Gasteiger partial charge on any atom is -0.475 e. The molecule has 0 atom stereocenters. The van der Waals surface area contributed by atoms with Crippen LogP contribution >= 0.6 is 0 Å². The number of aromatic nitrogens is 2. The predicted molar refractivity (Wildman–Crippen MR) is 96.8 cm³/mol. The van der Waals surface area contributed by atoms with Gasteiger partial charge in [0.15, 0.2) is 0 Å². The van der Waals surface area contributed by atoms with Crippen LogP contribution in [-0.4, -0.2) is 45.2 Å². The minimum atomic E-state index is -5.08. The minimum absolute atomic E-state index is 0.724. The molecular weight excluding hydrogens is 371 g/mol. The van der Waals surface area contributed by atoms with E-state index >= 15 is 0 Å². The van der Waals surface area contributed by atoms with Crippen LogP contribution in [0.1, 0.15) is 41.3 Å². The molecule has 1 aliphatic heterocycles. The lowest BCUT2D eigenvalue weighted by atomic mass is 10.0. The fourth-order valence-electron chi connectivity index (χ4n) is 3.31. The number of nitrogens with zero attached hydrogens (tertiary/aromatic N) is 3. The molecule has 4 rings (SSSR count). The van der Waals surface area contributed by atoms with Crippen LogP contribution in [0.2, 0.25) is 0 Å². The van der Waals surface area contributed by atoms with Gasteiger partial charge in [0.05, 0.1) is 5.69 Å². The molecule has 0 bridgehead atoms. The second kappa shape index (κ2) is 8.68. The van der Waals surface area contributed by atoms with E-state index in [2.05, 4.69) is 45.2 Å². The van der Waals surface area contributed by atoms with Crippen molar-refractivity contribution in [2.45, 2.75) is 44.3 Å². The Morgan fingerprint density at radius 2 is 1.75 bits per heavy atom. The lowest BCUT2D eigenvalue weighted by Gasteiger charge is -2.19. The number of hydrogen-bond acceptors (Lipinski definition) is 4. The van der Waals surface area contributed by atoms with Gasteiger partial charge in [-0.2, -0.15) is 13.2 Å². The van der Waals surface area contributed by atoms with Crippen LogP contribution in [0.15, 0.2) is 36.7 Å². The zero-order chi connectivity index (χ0) is 20.1. The van der Waals surface area contributed by atoms with Crippen LogP contribution in [0.25, 0.3) is 0 Å². The largest absolute Gasteiger partial charge is 0.490 e. The molecule has 0 radical (unpaired) electrons. The van der Waals surface area contributed by atoms with E-state index in [-0.39, 0.29) is 0 Å². The number of fused-ring (bicyclic) bond motifs is 1. The summed E-state index contributed by atoms with van der Waals surface area (Å²) in [6.45, 7) is 3.26. The number of rotatable bonds is 3. The van der Waals surface area contributed by atoms with E-state index in [9.17, 15) is 13.2 Å². The first-order chi connectivity index (χ1) is 13.3. The number of halogens is 3. The van der Waals surface area contributed by atoms with Gasteiger partial charge >= 0.3 is 12.1 Å². The average Bonchev–Trinajstić information content (AvgIpc) is 3.50. The smallest absolute Gasteiger partial charge is 0.475 e. The maximum absolute atomic E-state index is 10.6. The summed E-state index contributed by atoms with van der Waals surface area (Å²) in [4.78, 5) is 20.6. The maximum Gasteiger partial charge on any atom is 0.490 e. The molecule has 0 saturated heterocycles. The maximum atomic E-state index is 10.6. The van der Waals surface area contributed by atoms with Crippen LogP contribution in [0.4, 0.5) is 13.2 Å². The third-order valence-electron chi connectivity index (χ3n) is 4.87. The molecule has 0 unspecified atom stereocenters. The first kappa shape index (κ1) is 20.3. The number of carbonyl (C=O) groups is 1. The van der Waals surface area contributed by atoms with E-state index in [1.807, 2.05) is 0 Å². The highest BCUT2D eigenvalue weighted by atomic mass is 19.4. The molecule has 1 saturated carbocycles. The third-order valence-corrected chi connectivity index (χ3v) is 4.87. The molecule has 0 spiro atoms. The number of aliphatic carboxylic acids is 1. The summed E-state index contributed by atoms with van der Waals surface area (Å²) < 4.78 is 31.7. The molecule has 1 N–H and O–H groups in total. The van der Waals surface area contributed by atoms with Crippen molar-refractivity contribution in [2.75, 3.05) is 13.1 Å². The van der Waals surface area contributed by atoms with Crippen molar-refractivity contribution in [3.8, 4) is 0 Å². The molecule has 2 heterocycles. The highest BCUT2D eigenvalue weighted by Crippen LogP contribution is 2.41. The van der Waals surface area contributed by atoms with Crippen molar-refractivity contribution in [3.05, 3.63) is 59.2 Å². The Kier molecular flexibility index (Phi) is 6.28. The van der Waals surface area contributed by atoms with Gasteiger partial charge in [0.1, 0.15) is 6.33 Å². The zero-order valence-electron chi connectivity index (χ0n) is 15.3. The summed E-state index contributed by atoms with van der Waals surface area (Å²) in [6, 6.07) is 10.8. The van der Waals surface area contributed by atoms with Gasteiger partial charge in [0.2, 0.25) is 0 Å². The Bertz CT molecular complexity index is 808. The van der Waals surface area contributed by atoms with Crippen molar-refractivity contribution in [2.24, 2.45) is 0 Å². The monoisotopic (exact) mass is 393 g/mol. The summed E-state index contributed by atoms with van der Waals surface area (Å²) in [5.74, 6) is -2.03. The van der Waals surface area contributed by atoms with Crippen molar-refractivity contribution in [3.63, 3.8) is 0 Å². The van der Waals surface area contributed by atoms with Crippen molar-refractivity contribution in [1.29, 1.82) is 0 Å². The van der Waals surface area contributed by atoms with Gasteiger partial charge < -0.3 is 5.11 Å². The molecule has 28 heavy (non-hydrogen) atoms. The predicted octanol–water partition coefficient (Wildman–Crippen LogP) is 3.59. The molecule has 8 heteroatoms.